The maximum atomic E-state index is 13.3. The minimum absolute atomic E-state index is 0.0312. The molecule has 1 aromatic carbocycles. The van der Waals surface area contributed by atoms with Gasteiger partial charge in [0.2, 0.25) is 5.88 Å². The molecule has 3 heterocycles. The molecule has 1 aliphatic rings. The van der Waals surface area contributed by atoms with Crippen molar-refractivity contribution < 1.29 is 14.3 Å². The van der Waals surface area contributed by atoms with Crippen LogP contribution in [0.25, 0.3) is 5.82 Å². The number of nitrogens with one attached hydrogen (secondary N) is 2. The Balaban J connectivity index is 1.74. The lowest BCUT2D eigenvalue weighted by Gasteiger charge is -2.24. The van der Waals surface area contributed by atoms with E-state index in [9.17, 15) is 9.59 Å². The fourth-order valence-electron chi connectivity index (χ4n) is 2.92. The average Bonchev–Trinajstić information content (AvgIpc) is 3.16. The van der Waals surface area contributed by atoms with E-state index >= 15 is 0 Å². The molecule has 32 heavy (non-hydrogen) atoms. The Morgan fingerprint density at radius 2 is 2.03 bits per heavy atom. The lowest BCUT2D eigenvalue weighted by molar-refractivity contribution is 0.0964. The van der Waals surface area contributed by atoms with Crippen LogP contribution in [0.1, 0.15) is 20.8 Å². The van der Waals surface area contributed by atoms with Crippen LogP contribution in [0, 0.1) is 0 Å². The highest BCUT2D eigenvalue weighted by Crippen LogP contribution is 2.32. The molecule has 0 spiro atoms. The second kappa shape index (κ2) is 9.70. The fourth-order valence-corrected chi connectivity index (χ4v) is 4.59. The molecular formula is C20H16BrCl2N5O3S. The summed E-state index contributed by atoms with van der Waals surface area (Å²) < 4.78 is 7.63. The number of rotatable bonds is 6. The smallest absolute Gasteiger partial charge is 0.274 e. The highest BCUT2D eigenvalue weighted by Gasteiger charge is 2.26. The maximum Gasteiger partial charge on any atom is 0.274 e. The number of ether oxygens (including phenoxy) is 1. The Hall–Kier alpha value is -2.27. The second-order valence-corrected chi connectivity index (χ2v) is 9.48. The number of hydrogen-bond acceptors (Lipinski definition) is 6. The molecular weight excluding hydrogens is 541 g/mol. The molecule has 0 radical (unpaired) electrons. The molecule has 1 saturated heterocycles. The lowest BCUT2D eigenvalue weighted by atomic mass is 10.1. The maximum absolute atomic E-state index is 13.3. The van der Waals surface area contributed by atoms with Crippen LogP contribution in [0.2, 0.25) is 10.0 Å². The topological polar surface area (TPSA) is 98.1 Å². The number of nitrogens with zero attached hydrogens (tertiary/aromatic N) is 3. The summed E-state index contributed by atoms with van der Waals surface area (Å²) in [6, 6.07) is 7.90. The number of amides is 2. The first-order valence-corrected chi connectivity index (χ1v) is 12.1. The molecule has 0 bridgehead atoms. The molecule has 2 aromatic heterocycles. The van der Waals surface area contributed by atoms with Crippen molar-refractivity contribution in [2.24, 2.45) is 0 Å². The van der Waals surface area contributed by atoms with Gasteiger partial charge in [0.1, 0.15) is 11.8 Å². The van der Waals surface area contributed by atoms with E-state index in [-0.39, 0.29) is 34.7 Å². The number of benzene rings is 1. The third kappa shape index (κ3) is 4.73. The number of pyridine rings is 1. The van der Waals surface area contributed by atoms with Crippen molar-refractivity contribution in [3.05, 3.63) is 62.3 Å². The van der Waals surface area contributed by atoms with Gasteiger partial charge in [0.05, 0.1) is 16.3 Å². The largest absolute Gasteiger partial charge is 0.472 e. The van der Waals surface area contributed by atoms with Crippen molar-refractivity contribution in [1.29, 1.82) is 0 Å². The van der Waals surface area contributed by atoms with Gasteiger partial charge in [-0.05, 0) is 40.2 Å². The third-order valence-corrected chi connectivity index (χ3v) is 6.87. The monoisotopic (exact) mass is 555 g/mol. The molecule has 0 unspecified atom stereocenters. The molecule has 0 saturated carbocycles. The van der Waals surface area contributed by atoms with Crippen LogP contribution in [0.3, 0.4) is 0 Å². The standard InChI is InChI=1S/C20H16BrCl2N5O3S/c1-24-19(29)12-5-10(22)6-13(21)17(12)26-20(30)15-7-16(31-11-8-32-9-11)27-28(15)18-14(23)3-2-4-25-18/h2-7,11H,8-9H2,1H3,(H,24,29)(H,26,30). The van der Waals surface area contributed by atoms with Crippen molar-refractivity contribution in [2.45, 2.75) is 6.10 Å². The number of thioether (sulfide) groups is 1. The first-order chi connectivity index (χ1) is 15.4. The van der Waals surface area contributed by atoms with E-state index in [1.165, 1.54) is 23.9 Å². The zero-order valence-corrected chi connectivity index (χ0v) is 20.5. The quantitative estimate of drug-likeness (QED) is 0.465. The van der Waals surface area contributed by atoms with Gasteiger partial charge < -0.3 is 15.4 Å². The summed E-state index contributed by atoms with van der Waals surface area (Å²) in [7, 11) is 1.49. The van der Waals surface area contributed by atoms with Crippen molar-refractivity contribution in [1.82, 2.24) is 20.1 Å². The summed E-state index contributed by atoms with van der Waals surface area (Å²) >= 11 is 17.5. The van der Waals surface area contributed by atoms with Gasteiger partial charge in [-0.1, -0.05) is 23.2 Å². The van der Waals surface area contributed by atoms with E-state index in [0.717, 1.165) is 11.5 Å². The minimum atomic E-state index is -0.537. The van der Waals surface area contributed by atoms with Crippen molar-refractivity contribution >= 4 is 68.4 Å². The summed E-state index contributed by atoms with van der Waals surface area (Å²) in [5.74, 6) is 1.32. The normalized spacial score (nSPS) is 13.4. The number of halogens is 3. The van der Waals surface area contributed by atoms with Crippen LogP contribution < -0.4 is 15.4 Å². The van der Waals surface area contributed by atoms with Gasteiger partial charge in [-0.3, -0.25) is 9.59 Å². The predicted octanol–water partition coefficient (Wildman–Crippen LogP) is 4.44. The molecule has 3 aromatic rings. The van der Waals surface area contributed by atoms with E-state index in [0.29, 0.717) is 14.5 Å². The Morgan fingerprint density at radius 1 is 1.25 bits per heavy atom. The van der Waals surface area contributed by atoms with Gasteiger partial charge in [0.15, 0.2) is 5.82 Å². The summed E-state index contributed by atoms with van der Waals surface area (Å²) in [5, 5.41) is 10.4. The molecule has 4 rings (SSSR count). The zero-order valence-electron chi connectivity index (χ0n) is 16.6. The average molecular weight is 557 g/mol. The molecule has 1 fully saturated rings. The van der Waals surface area contributed by atoms with Gasteiger partial charge in [-0.15, -0.1) is 5.10 Å². The van der Waals surface area contributed by atoms with Crippen molar-refractivity contribution in [3.63, 3.8) is 0 Å². The zero-order chi connectivity index (χ0) is 22.8. The van der Waals surface area contributed by atoms with Crippen molar-refractivity contribution in [2.75, 3.05) is 23.9 Å². The first-order valence-electron chi connectivity index (χ1n) is 9.35. The molecule has 0 aliphatic carbocycles. The molecule has 2 N–H and O–H groups in total. The first kappa shape index (κ1) is 22.9. The predicted molar refractivity (Wildman–Crippen MR) is 129 cm³/mol. The van der Waals surface area contributed by atoms with Crippen LogP contribution >= 0.6 is 50.9 Å². The molecule has 2 amide bonds. The Bertz CT molecular complexity index is 1200. The van der Waals surface area contributed by atoms with Gasteiger partial charge in [-0.25, -0.2) is 9.67 Å². The van der Waals surface area contributed by atoms with Crippen LogP contribution in [-0.2, 0) is 0 Å². The Labute approximate surface area is 206 Å². The summed E-state index contributed by atoms with van der Waals surface area (Å²) in [4.78, 5) is 29.9. The number of hydrogen-bond donors (Lipinski definition) is 2. The Kier molecular flexibility index (Phi) is 6.94. The van der Waals surface area contributed by atoms with Crippen LogP contribution in [0.5, 0.6) is 5.88 Å². The van der Waals surface area contributed by atoms with E-state index in [2.05, 4.69) is 36.6 Å². The molecule has 1 aliphatic heterocycles. The van der Waals surface area contributed by atoms with Gasteiger partial charge in [-0.2, -0.15) is 11.8 Å². The summed E-state index contributed by atoms with van der Waals surface area (Å²) in [6.45, 7) is 0. The number of carbonyl (C=O) groups is 2. The van der Waals surface area contributed by atoms with E-state index < -0.39 is 11.8 Å². The highest BCUT2D eigenvalue weighted by molar-refractivity contribution is 9.10. The highest BCUT2D eigenvalue weighted by atomic mass is 79.9. The van der Waals surface area contributed by atoms with E-state index in [1.54, 1.807) is 36.2 Å². The van der Waals surface area contributed by atoms with Crippen molar-refractivity contribution in [3.8, 4) is 11.7 Å². The van der Waals surface area contributed by atoms with Gasteiger partial charge in [0.25, 0.3) is 11.8 Å². The summed E-state index contributed by atoms with van der Waals surface area (Å²) in [5.41, 5.74) is 0.596. The van der Waals surface area contributed by atoms with E-state index in [1.807, 2.05) is 0 Å². The van der Waals surface area contributed by atoms with Gasteiger partial charge >= 0.3 is 0 Å². The molecule has 0 atom stereocenters. The second-order valence-electron chi connectivity index (χ2n) is 6.71. The van der Waals surface area contributed by atoms with E-state index in [4.69, 9.17) is 27.9 Å². The number of carbonyl (C=O) groups excluding carboxylic acids is 2. The van der Waals surface area contributed by atoms with Crippen LogP contribution in [0.15, 0.2) is 41.0 Å². The molecule has 166 valence electrons. The number of aromatic nitrogens is 3. The minimum Gasteiger partial charge on any atom is -0.472 e. The lowest BCUT2D eigenvalue weighted by Crippen LogP contribution is -2.31. The van der Waals surface area contributed by atoms with Gasteiger partial charge in [0, 0.05) is 40.3 Å². The SMILES string of the molecule is CNC(=O)c1cc(Cl)cc(Br)c1NC(=O)c1cc(OC2CSC2)nn1-c1ncccc1Cl. The fraction of sp³-hybridized carbons (Fsp3) is 0.200. The molecule has 12 heteroatoms. The summed E-state index contributed by atoms with van der Waals surface area (Å²) in [6.07, 6.45) is 1.58. The third-order valence-electron chi connectivity index (χ3n) is 4.52. The number of anilines is 1. The Morgan fingerprint density at radius 3 is 2.69 bits per heavy atom. The molecule has 8 nitrogen and oxygen atoms in total. The van der Waals surface area contributed by atoms with Crippen LogP contribution in [-0.4, -0.2) is 51.2 Å². The van der Waals surface area contributed by atoms with Crippen LogP contribution in [0.4, 0.5) is 5.69 Å².